The first-order chi connectivity index (χ1) is 10.1. The number of hydrogen-bond acceptors (Lipinski definition) is 5. The number of nitrogens with zero attached hydrogens (tertiary/aromatic N) is 1. The van der Waals surface area contributed by atoms with Gasteiger partial charge in [-0.25, -0.2) is 0 Å². The van der Waals surface area contributed by atoms with E-state index >= 15 is 0 Å². The lowest BCUT2D eigenvalue weighted by atomic mass is 10.1. The van der Waals surface area contributed by atoms with Gasteiger partial charge < -0.3 is 20.3 Å². The van der Waals surface area contributed by atoms with E-state index in [0.717, 1.165) is 18.7 Å². The molecule has 3 N–H and O–H groups in total. The molecule has 1 saturated heterocycles. The number of ether oxygens (including phenoxy) is 1. The summed E-state index contributed by atoms with van der Waals surface area (Å²) in [5, 5.41) is 22.6. The van der Waals surface area contributed by atoms with Crippen molar-refractivity contribution in [2.75, 3.05) is 33.4 Å². The molecule has 118 valence electrons. The normalized spacial score (nSPS) is 18.4. The SMILES string of the molecule is COc1cc(CN(CCO)CC2CCCN2)cc(Br)c1O. The van der Waals surface area contributed by atoms with E-state index in [9.17, 15) is 10.2 Å². The Labute approximate surface area is 134 Å². The van der Waals surface area contributed by atoms with Crippen LogP contribution in [0.3, 0.4) is 0 Å². The fourth-order valence-electron chi connectivity index (χ4n) is 2.73. The Balaban J connectivity index is 2.06. The Morgan fingerprint density at radius 2 is 2.29 bits per heavy atom. The Morgan fingerprint density at radius 1 is 1.48 bits per heavy atom. The fourth-order valence-corrected chi connectivity index (χ4v) is 3.22. The van der Waals surface area contributed by atoms with Crippen molar-refractivity contribution in [2.24, 2.45) is 0 Å². The molecule has 21 heavy (non-hydrogen) atoms. The number of phenols is 1. The molecular formula is C15H23BrN2O3. The second-order valence-corrected chi connectivity index (χ2v) is 6.23. The molecule has 0 amide bonds. The number of rotatable bonds is 7. The Kier molecular flexibility index (Phi) is 6.29. The van der Waals surface area contributed by atoms with Gasteiger partial charge in [-0.15, -0.1) is 0 Å². The van der Waals surface area contributed by atoms with Gasteiger partial charge in [0.05, 0.1) is 18.2 Å². The highest BCUT2D eigenvalue weighted by atomic mass is 79.9. The molecule has 0 saturated carbocycles. The highest BCUT2D eigenvalue weighted by Crippen LogP contribution is 2.35. The number of benzene rings is 1. The van der Waals surface area contributed by atoms with Crippen molar-refractivity contribution in [1.82, 2.24) is 10.2 Å². The van der Waals surface area contributed by atoms with Gasteiger partial charge in [-0.1, -0.05) is 0 Å². The largest absolute Gasteiger partial charge is 0.503 e. The monoisotopic (exact) mass is 358 g/mol. The van der Waals surface area contributed by atoms with Gasteiger partial charge in [0.25, 0.3) is 0 Å². The minimum atomic E-state index is 0.118. The Bertz CT molecular complexity index is 464. The van der Waals surface area contributed by atoms with Gasteiger partial charge in [0.2, 0.25) is 0 Å². The first-order valence-electron chi connectivity index (χ1n) is 7.26. The molecule has 0 bridgehead atoms. The zero-order valence-electron chi connectivity index (χ0n) is 12.3. The molecule has 1 atom stereocenters. The minimum absolute atomic E-state index is 0.118. The lowest BCUT2D eigenvalue weighted by Crippen LogP contribution is -2.38. The van der Waals surface area contributed by atoms with E-state index in [4.69, 9.17) is 4.74 Å². The molecule has 1 unspecified atom stereocenters. The van der Waals surface area contributed by atoms with Crippen molar-refractivity contribution in [2.45, 2.75) is 25.4 Å². The van der Waals surface area contributed by atoms with Crippen LogP contribution in [0.25, 0.3) is 0 Å². The summed E-state index contributed by atoms with van der Waals surface area (Å²) in [4.78, 5) is 2.22. The maximum Gasteiger partial charge on any atom is 0.172 e. The third-order valence-electron chi connectivity index (χ3n) is 3.77. The van der Waals surface area contributed by atoms with Crippen LogP contribution in [-0.2, 0) is 6.54 Å². The average Bonchev–Trinajstić information content (AvgIpc) is 2.95. The number of methoxy groups -OCH3 is 1. The van der Waals surface area contributed by atoms with E-state index in [0.29, 0.717) is 29.4 Å². The number of aliphatic hydroxyl groups is 1. The van der Waals surface area contributed by atoms with Gasteiger partial charge in [0.15, 0.2) is 11.5 Å². The van der Waals surface area contributed by atoms with Crippen molar-refractivity contribution in [1.29, 1.82) is 0 Å². The number of halogens is 1. The molecule has 1 heterocycles. The van der Waals surface area contributed by atoms with Crippen molar-refractivity contribution in [3.05, 3.63) is 22.2 Å². The molecule has 0 spiro atoms. The van der Waals surface area contributed by atoms with Crippen molar-refractivity contribution in [3.63, 3.8) is 0 Å². The van der Waals surface area contributed by atoms with Crippen LogP contribution in [0.2, 0.25) is 0 Å². The van der Waals surface area contributed by atoms with Crippen LogP contribution in [-0.4, -0.2) is 54.5 Å². The third kappa shape index (κ3) is 4.57. The van der Waals surface area contributed by atoms with Gasteiger partial charge in [-0.3, -0.25) is 4.90 Å². The van der Waals surface area contributed by atoms with Gasteiger partial charge >= 0.3 is 0 Å². The first-order valence-corrected chi connectivity index (χ1v) is 8.05. The summed E-state index contributed by atoms with van der Waals surface area (Å²) in [6.07, 6.45) is 2.40. The molecule has 1 aromatic rings. The molecule has 1 aromatic carbocycles. The van der Waals surface area contributed by atoms with Crippen LogP contribution >= 0.6 is 15.9 Å². The van der Waals surface area contributed by atoms with E-state index in [1.165, 1.54) is 12.8 Å². The highest BCUT2D eigenvalue weighted by Gasteiger charge is 2.18. The smallest absolute Gasteiger partial charge is 0.172 e. The zero-order valence-corrected chi connectivity index (χ0v) is 13.9. The number of phenolic OH excluding ortho intramolecular Hbond substituents is 1. The summed E-state index contributed by atoms with van der Waals surface area (Å²) in [6, 6.07) is 4.23. The number of aliphatic hydroxyl groups excluding tert-OH is 1. The number of hydrogen-bond donors (Lipinski definition) is 3. The van der Waals surface area contributed by atoms with Crippen LogP contribution in [0.5, 0.6) is 11.5 Å². The summed E-state index contributed by atoms with van der Waals surface area (Å²) < 4.78 is 5.81. The van der Waals surface area contributed by atoms with Crippen LogP contribution in [0, 0.1) is 0 Å². The summed E-state index contributed by atoms with van der Waals surface area (Å²) in [5.74, 6) is 0.578. The maximum atomic E-state index is 9.85. The zero-order chi connectivity index (χ0) is 15.2. The molecule has 1 aliphatic heterocycles. The summed E-state index contributed by atoms with van der Waals surface area (Å²) in [6.45, 7) is 3.49. The second kappa shape index (κ2) is 7.98. The van der Waals surface area contributed by atoms with Gasteiger partial charge in [-0.2, -0.15) is 0 Å². The highest BCUT2D eigenvalue weighted by molar-refractivity contribution is 9.10. The molecule has 1 fully saturated rings. The number of nitrogens with one attached hydrogen (secondary N) is 1. The maximum absolute atomic E-state index is 9.85. The van der Waals surface area contributed by atoms with Gasteiger partial charge in [0, 0.05) is 25.7 Å². The molecule has 0 aromatic heterocycles. The van der Waals surface area contributed by atoms with Crippen LogP contribution < -0.4 is 10.1 Å². The second-order valence-electron chi connectivity index (χ2n) is 5.38. The van der Waals surface area contributed by atoms with Crippen molar-refractivity contribution >= 4 is 15.9 Å². The minimum Gasteiger partial charge on any atom is -0.503 e. The first kappa shape index (κ1) is 16.5. The third-order valence-corrected chi connectivity index (χ3v) is 4.38. The van der Waals surface area contributed by atoms with Crippen molar-refractivity contribution < 1.29 is 14.9 Å². The topological polar surface area (TPSA) is 65.0 Å². The summed E-state index contributed by atoms with van der Waals surface area (Å²) in [7, 11) is 1.54. The molecular weight excluding hydrogens is 336 g/mol. The molecule has 1 aliphatic rings. The number of aromatic hydroxyl groups is 1. The molecule has 2 rings (SSSR count). The summed E-state index contributed by atoms with van der Waals surface area (Å²) in [5.41, 5.74) is 1.04. The predicted octanol–water partition coefficient (Wildman–Crippen LogP) is 1.71. The summed E-state index contributed by atoms with van der Waals surface area (Å²) >= 11 is 3.34. The lowest BCUT2D eigenvalue weighted by molar-refractivity contribution is 0.179. The van der Waals surface area contributed by atoms with Gasteiger partial charge in [-0.05, 0) is 53.0 Å². The Morgan fingerprint density at radius 3 is 2.90 bits per heavy atom. The average molecular weight is 359 g/mol. The van der Waals surface area contributed by atoms with E-state index in [2.05, 4.69) is 26.1 Å². The lowest BCUT2D eigenvalue weighted by Gasteiger charge is -2.25. The van der Waals surface area contributed by atoms with Gasteiger partial charge in [0.1, 0.15) is 0 Å². The van der Waals surface area contributed by atoms with Crippen molar-refractivity contribution in [3.8, 4) is 11.5 Å². The van der Waals surface area contributed by atoms with Crippen LogP contribution in [0.1, 0.15) is 18.4 Å². The molecule has 0 radical (unpaired) electrons. The van der Waals surface area contributed by atoms with E-state index < -0.39 is 0 Å². The van der Waals surface area contributed by atoms with E-state index in [-0.39, 0.29) is 12.4 Å². The standard InChI is InChI=1S/C15H23BrN2O3/c1-21-14-8-11(7-13(16)15(14)20)9-18(5-6-19)10-12-3-2-4-17-12/h7-8,12,17,19-20H,2-6,9-10H2,1H3. The molecule has 6 heteroatoms. The van der Waals surface area contributed by atoms with Crippen LogP contribution in [0.4, 0.5) is 0 Å². The van der Waals surface area contributed by atoms with E-state index in [1.807, 2.05) is 12.1 Å². The van der Waals surface area contributed by atoms with E-state index in [1.54, 1.807) is 7.11 Å². The predicted molar refractivity (Wildman–Crippen MR) is 85.7 cm³/mol. The quantitative estimate of drug-likeness (QED) is 0.692. The molecule has 5 nitrogen and oxygen atoms in total. The Hall–Kier alpha value is -0.820. The fraction of sp³-hybridized carbons (Fsp3) is 0.600. The van der Waals surface area contributed by atoms with Crippen LogP contribution in [0.15, 0.2) is 16.6 Å². The molecule has 0 aliphatic carbocycles.